The van der Waals surface area contributed by atoms with Gasteiger partial charge in [0.2, 0.25) is 0 Å². The molecule has 0 amide bonds. The molecule has 0 aliphatic rings. The van der Waals surface area contributed by atoms with E-state index in [1.54, 1.807) is 0 Å². The predicted octanol–water partition coefficient (Wildman–Crippen LogP) is 14.1. The summed E-state index contributed by atoms with van der Waals surface area (Å²) in [5, 5.41) is 4.70. The molecule has 5 heteroatoms. The lowest BCUT2D eigenvalue weighted by molar-refractivity contribution is 0.669. The second-order valence-electron chi connectivity index (χ2n) is 14.0. The van der Waals surface area contributed by atoms with Crippen molar-refractivity contribution in [1.29, 1.82) is 0 Å². The average molecular weight is 734 g/mol. The van der Waals surface area contributed by atoms with E-state index >= 15 is 0 Å². The van der Waals surface area contributed by atoms with Crippen LogP contribution in [0.25, 0.3) is 110 Å². The van der Waals surface area contributed by atoms with Crippen molar-refractivity contribution >= 4 is 53.4 Å². The van der Waals surface area contributed by atoms with Crippen LogP contribution in [0.4, 0.5) is 0 Å². The van der Waals surface area contributed by atoms with Gasteiger partial charge in [-0.25, -0.2) is 15.0 Å². The van der Waals surface area contributed by atoms with E-state index in [1.165, 1.54) is 48.0 Å². The van der Waals surface area contributed by atoms with E-state index in [-0.39, 0.29) is 0 Å². The fourth-order valence-electron chi connectivity index (χ4n) is 7.77. The molecule has 3 heterocycles. The van der Waals surface area contributed by atoms with E-state index in [4.69, 9.17) is 19.4 Å². The van der Waals surface area contributed by atoms with Gasteiger partial charge in [-0.05, 0) is 75.8 Å². The van der Waals surface area contributed by atoms with Crippen molar-refractivity contribution in [1.82, 2.24) is 15.0 Å². The van der Waals surface area contributed by atoms with Crippen molar-refractivity contribution in [3.63, 3.8) is 0 Å². The number of hydrogen-bond donors (Lipinski definition) is 0. The number of furan rings is 1. The first-order chi connectivity index (χ1) is 27.7. The van der Waals surface area contributed by atoms with E-state index < -0.39 is 0 Å². The number of fused-ring (bicyclic) bond motifs is 6. The Balaban J connectivity index is 0.989. The summed E-state index contributed by atoms with van der Waals surface area (Å²) in [7, 11) is 0. The molecule has 4 nitrogen and oxygen atoms in total. The highest BCUT2D eigenvalue weighted by atomic mass is 32.1. The topological polar surface area (TPSA) is 51.8 Å². The lowest BCUT2D eigenvalue weighted by Crippen LogP contribution is -2.00. The zero-order valence-corrected chi connectivity index (χ0v) is 30.9. The molecule has 11 rings (SSSR count). The van der Waals surface area contributed by atoms with Crippen LogP contribution in [-0.4, -0.2) is 15.0 Å². The monoisotopic (exact) mass is 733 g/mol. The van der Waals surface area contributed by atoms with Crippen molar-refractivity contribution in [2.75, 3.05) is 0 Å². The molecule has 0 aliphatic heterocycles. The molecular weight excluding hydrogens is 703 g/mol. The summed E-state index contributed by atoms with van der Waals surface area (Å²) >= 11 is 1.84. The first-order valence-electron chi connectivity index (χ1n) is 18.7. The van der Waals surface area contributed by atoms with Crippen LogP contribution < -0.4 is 0 Å². The number of para-hydroxylation sites is 1. The van der Waals surface area contributed by atoms with Gasteiger partial charge in [-0.1, -0.05) is 146 Å². The zero-order chi connectivity index (χ0) is 37.0. The van der Waals surface area contributed by atoms with Crippen molar-refractivity contribution in [2.24, 2.45) is 0 Å². The molecule has 0 saturated carbocycles. The van der Waals surface area contributed by atoms with Gasteiger partial charge >= 0.3 is 0 Å². The summed E-state index contributed by atoms with van der Waals surface area (Å²) in [4.78, 5) is 15.0. The van der Waals surface area contributed by atoms with Crippen LogP contribution in [0.1, 0.15) is 0 Å². The van der Waals surface area contributed by atoms with Gasteiger partial charge in [-0.15, -0.1) is 11.3 Å². The maximum atomic E-state index is 6.23. The minimum atomic E-state index is 0.597. The maximum absolute atomic E-state index is 6.23. The highest BCUT2D eigenvalue weighted by molar-refractivity contribution is 7.26. The maximum Gasteiger partial charge on any atom is 0.164 e. The van der Waals surface area contributed by atoms with Crippen LogP contribution in [0.2, 0.25) is 0 Å². The van der Waals surface area contributed by atoms with E-state index in [0.717, 1.165) is 44.2 Å². The van der Waals surface area contributed by atoms with E-state index in [1.807, 2.05) is 65.9 Å². The van der Waals surface area contributed by atoms with Crippen molar-refractivity contribution < 1.29 is 4.42 Å². The third-order valence-corrected chi connectivity index (χ3v) is 11.7. The van der Waals surface area contributed by atoms with Crippen molar-refractivity contribution in [3.8, 4) is 67.5 Å². The normalized spacial score (nSPS) is 11.6. The molecule has 0 radical (unpaired) electrons. The summed E-state index contributed by atoms with van der Waals surface area (Å²) in [5.74, 6) is 1.84. The van der Waals surface area contributed by atoms with E-state index in [2.05, 4.69) is 133 Å². The molecule has 0 aliphatic carbocycles. The van der Waals surface area contributed by atoms with Gasteiger partial charge in [-0.2, -0.15) is 0 Å². The molecule has 3 aromatic heterocycles. The van der Waals surface area contributed by atoms with Gasteiger partial charge in [0, 0.05) is 47.6 Å². The molecule has 0 atom stereocenters. The standard InChI is InChI=1S/C51H31N3OS/c1-3-11-32(12-4-1)36-15-9-16-37(29-36)38-26-28-46-43(30-38)48-40(18-10-20-47(48)56-46)33-21-23-35(24-22-33)50-52-49(34-13-5-2-6-14-34)53-51(54-50)39-25-27-42-41-17-7-8-19-44(41)55-45(42)31-39/h1-31H. The lowest BCUT2D eigenvalue weighted by atomic mass is 9.95. The molecule has 0 unspecified atom stereocenters. The van der Waals surface area contributed by atoms with Crippen LogP contribution in [0.15, 0.2) is 192 Å². The molecule has 0 fully saturated rings. The summed E-state index contributed by atoms with van der Waals surface area (Å²) in [6.07, 6.45) is 0. The van der Waals surface area contributed by atoms with Gasteiger partial charge in [0.15, 0.2) is 17.5 Å². The van der Waals surface area contributed by atoms with Gasteiger partial charge in [0.1, 0.15) is 11.2 Å². The lowest BCUT2D eigenvalue weighted by Gasteiger charge is -2.10. The predicted molar refractivity (Wildman–Crippen MR) is 233 cm³/mol. The van der Waals surface area contributed by atoms with E-state index in [9.17, 15) is 0 Å². The first kappa shape index (κ1) is 32.2. The third-order valence-electron chi connectivity index (χ3n) is 10.6. The summed E-state index contributed by atoms with van der Waals surface area (Å²) in [6.45, 7) is 0. The summed E-state index contributed by atoms with van der Waals surface area (Å²) in [6, 6.07) is 65.9. The van der Waals surface area contributed by atoms with Gasteiger partial charge in [-0.3, -0.25) is 0 Å². The molecule has 0 N–H and O–H groups in total. The number of nitrogens with zero attached hydrogens (tertiary/aromatic N) is 3. The molecular formula is C51H31N3OS. The Morgan fingerprint density at radius 3 is 1.66 bits per heavy atom. The molecule has 8 aromatic carbocycles. The highest BCUT2D eigenvalue weighted by Crippen LogP contribution is 2.42. The molecule has 0 spiro atoms. The minimum Gasteiger partial charge on any atom is -0.456 e. The molecule has 0 saturated heterocycles. The number of benzene rings is 8. The number of hydrogen-bond acceptors (Lipinski definition) is 5. The van der Waals surface area contributed by atoms with Crippen LogP contribution in [0.3, 0.4) is 0 Å². The number of rotatable bonds is 6. The first-order valence-corrected chi connectivity index (χ1v) is 19.5. The second-order valence-corrected chi connectivity index (χ2v) is 15.1. The van der Waals surface area contributed by atoms with Crippen LogP contribution in [-0.2, 0) is 0 Å². The number of aromatic nitrogens is 3. The Bertz CT molecular complexity index is 3240. The summed E-state index contributed by atoms with van der Waals surface area (Å²) in [5.41, 5.74) is 11.6. The van der Waals surface area contributed by atoms with Gasteiger partial charge in [0.25, 0.3) is 0 Å². The Morgan fingerprint density at radius 2 is 0.875 bits per heavy atom. The Morgan fingerprint density at radius 1 is 0.321 bits per heavy atom. The van der Waals surface area contributed by atoms with Gasteiger partial charge < -0.3 is 4.42 Å². The van der Waals surface area contributed by atoms with Gasteiger partial charge in [0.05, 0.1) is 0 Å². The quantitative estimate of drug-likeness (QED) is 0.171. The molecule has 0 bridgehead atoms. The Labute approximate surface area is 327 Å². The van der Waals surface area contributed by atoms with Crippen molar-refractivity contribution in [2.45, 2.75) is 0 Å². The Kier molecular flexibility index (Phi) is 7.64. The minimum absolute atomic E-state index is 0.597. The van der Waals surface area contributed by atoms with Crippen LogP contribution in [0.5, 0.6) is 0 Å². The fraction of sp³-hybridized carbons (Fsp3) is 0. The van der Waals surface area contributed by atoms with Crippen molar-refractivity contribution in [3.05, 3.63) is 188 Å². The average Bonchev–Trinajstić information content (AvgIpc) is 3.85. The third kappa shape index (κ3) is 5.65. The number of thiophene rings is 1. The smallest absolute Gasteiger partial charge is 0.164 e. The molecule has 11 aromatic rings. The fourth-order valence-corrected chi connectivity index (χ4v) is 8.88. The van der Waals surface area contributed by atoms with Crippen LogP contribution in [0, 0.1) is 0 Å². The Hall–Kier alpha value is -7.21. The zero-order valence-electron chi connectivity index (χ0n) is 30.1. The largest absolute Gasteiger partial charge is 0.456 e. The molecule has 56 heavy (non-hydrogen) atoms. The highest BCUT2D eigenvalue weighted by Gasteiger charge is 2.16. The van der Waals surface area contributed by atoms with Crippen LogP contribution >= 0.6 is 11.3 Å². The summed E-state index contributed by atoms with van der Waals surface area (Å²) < 4.78 is 8.78. The second kappa shape index (κ2) is 13.3. The SMILES string of the molecule is c1ccc(-c2cccc(-c3ccc4sc5cccc(-c6ccc(-c7nc(-c8ccccc8)nc(-c8ccc9c(c8)oc8ccccc89)n7)cc6)c5c4c3)c2)cc1. The molecule has 262 valence electrons. The van der Waals surface area contributed by atoms with E-state index in [0.29, 0.717) is 17.5 Å².